The summed E-state index contributed by atoms with van der Waals surface area (Å²) in [6, 6.07) is 5.99. The van der Waals surface area contributed by atoms with Crippen LogP contribution in [0.4, 0.5) is 19.6 Å². The molecule has 36 heavy (non-hydrogen) atoms. The number of nitrogens with zero attached hydrogens (tertiary/aromatic N) is 2. The first-order valence-electron chi connectivity index (χ1n) is 10.5. The summed E-state index contributed by atoms with van der Waals surface area (Å²) >= 11 is 0.841. The van der Waals surface area contributed by atoms with Crippen molar-refractivity contribution in [1.29, 1.82) is 0 Å². The van der Waals surface area contributed by atoms with E-state index in [9.17, 15) is 36.9 Å². The Hall–Kier alpha value is -3.78. The van der Waals surface area contributed by atoms with Crippen molar-refractivity contribution in [3.63, 3.8) is 0 Å². The molecule has 0 fully saturated rings. The van der Waals surface area contributed by atoms with Crippen LogP contribution in [0.5, 0.6) is 0 Å². The molecule has 1 heterocycles. The smallest absolute Gasteiger partial charge is 0.269 e. The van der Waals surface area contributed by atoms with E-state index in [2.05, 4.69) is 15.6 Å². The van der Waals surface area contributed by atoms with Gasteiger partial charge in [0.05, 0.1) is 16.2 Å². The molecule has 0 saturated carbocycles. The number of halogens is 2. The normalized spacial score (nSPS) is 12.1. The third kappa shape index (κ3) is 6.66. The second-order valence-corrected chi connectivity index (χ2v) is 10.4. The van der Waals surface area contributed by atoms with E-state index in [-0.39, 0.29) is 39.1 Å². The number of anilines is 1. The molecule has 1 atom stereocenters. The lowest BCUT2D eigenvalue weighted by molar-refractivity contribution is -0.384. The summed E-state index contributed by atoms with van der Waals surface area (Å²) in [4.78, 5) is 38.9. The molecule has 0 aliphatic heterocycles. The van der Waals surface area contributed by atoms with Gasteiger partial charge in [-0.1, -0.05) is 13.3 Å². The van der Waals surface area contributed by atoms with Gasteiger partial charge in [0.15, 0.2) is 10.2 Å². The average molecular weight is 539 g/mol. The number of carbonyl (C=O) groups excluding carboxylic acids is 2. The number of aromatic nitrogens is 1. The lowest BCUT2D eigenvalue weighted by Gasteiger charge is -2.17. The number of amides is 2. The third-order valence-electron chi connectivity index (χ3n) is 4.86. The molecule has 3 rings (SSSR count). The molecule has 0 radical (unpaired) electrons. The molecule has 0 aliphatic rings. The number of benzene rings is 2. The van der Waals surface area contributed by atoms with E-state index < -0.39 is 44.3 Å². The molecular formula is C22H20F2N4O6S2. The Morgan fingerprint density at radius 3 is 2.36 bits per heavy atom. The summed E-state index contributed by atoms with van der Waals surface area (Å²) in [5, 5.41) is 16.6. The number of hydrogen-bond donors (Lipinski definition) is 2. The first-order chi connectivity index (χ1) is 17.0. The fourth-order valence-electron chi connectivity index (χ4n) is 3.20. The molecule has 0 spiro atoms. The van der Waals surface area contributed by atoms with Gasteiger partial charge in [-0.25, -0.2) is 22.2 Å². The maximum atomic E-state index is 13.4. The van der Waals surface area contributed by atoms with Gasteiger partial charge in [-0.15, -0.1) is 11.3 Å². The molecular weight excluding hydrogens is 518 g/mol. The summed E-state index contributed by atoms with van der Waals surface area (Å²) in [7, 11) is -4.09. The minimum absolute atomic E-state index is 0.0389. The van der Waals surface area contributed by atoms with E-state index >= 15 is 0 Å². The number of sulfone groups is 1. The number of carbonyl (C=O) groups is 2. The zero-order chi connectivity index (χ0) is 26.5. The highest BCUT2D eigenvalue weighted by molar-refractivity contribution is 7.91. The summed E-state index contributed by atoms with van der Waals surface area (Å²) in [6.45, 7) is 1.78. The highest BCUT2D eigenvalue weighted by Crippen LogP contribution is 2.26. The molecule has 2 amide bonds. The fraction of sp³-hybridized carbons (Fsp3) is 0.227. The number of nitrogens with one attached hydrogen (secondary N) is 2. The predicted octanol–water partition coefficient (Wildman–Crippen LogP) is 3.63. The number of rotatable bonds is 10. The molecule has 1 aromatic heterocycles. The lowest BCUT2D eigenvalue weighted by atomic mass is 10.1. The fourth-order valence-corrected chi connectivity index (χ4v) is 5.43. The second kappa shape index (κ2) is 11.3. The quantitative estimate of drug-likeness (QED) is 0.296. The molecule has 0 aliphatic carbocycles. The zero-order valence-electron chi connectivity index (χ0n) is 18.7. The highest BCUT2D eigenvalue weighted by Gasteiger charge is 2.25. The Morgan fingerprint density at radius 1 is 1.14 bits per heavy atom. The standard InChI is InChI=1S/C22H20F2N4O6S2/c1-2-3-18(25-19(29)10-13-8-14(23)11-15(24)9-13)21(30)27-22-26-20(12-35-22)36(33,34)17-6-4-16(5-7-17)28(31)32/h4-9,11-12,18H,2-3,10H2,1H3,(H,25,29)(H,26,27,30). The van der Waals surface area contributed by atoms with Crippen molar-refractivity contribution in [3.8, 4) is 0 Å². The van der Waals surface area contributed by atoms with Crippen LogP contribution in [0.3, 0.4) is 0 Å². The Morgan fingerprint density at radius 2 is 1.78 bits per heavy atom. The van der Waals surface area contributed by atoms with Crippen molar-refractivity contribution in [1.82, 2.24) is 10.3 Å². The molecule has 0 saturated heterocycles. The molecule has 14 heteroatoms. The number of hydrogen-bond acceptors (Lipinski definition) is 8. The monoisotopic (exact) mass is 538 g/mol. The molecule has 2 N–H and O–H groups in total. The Kier molecular flexibility index (Phi) is 8.42. The van der Waals surface area contributed by atoms with Gasteiger partial charge < -0.3 is 10.6 Å². The van der Waals surface area contributed by atoms with Crippen molar-refractivity contribution in [2.24, 2.45) is 0 Å². The Labute approximate surface area is 208 Å². The van der Waals surface area contributed by atoms with E-state index in [1.165, 1.54) is 5.38 Å². The van der Waals surface area contributed by atoms with Gasteiger partial charge >= 0.3 is 0 Å². The lowest BCUT2D eigenvalue weighted by Crippen LogP contribution is -2.44. The summed E-state index contributed by atoms with van der Waals surface area (Å²) in [5.41, 5.74) is -0.173. The first kappa shape index (κ1) is 26.8. The minimum Gasteiger partial charge on any atom is -0.344 e. The van der Waals surface area contributed by atoms with Gasteiger partial charge in [-0.05, 0) is 36.2 Å². The first-order valence-corrected chi connectivity index (χ1v) is 12.9. The van der Waals surface area contributed by atoms with E-state index in [4.69, 9.17) is 0 Å². The van der Waals surface area contributed by atoms with Crippen molar-refractivity contribution < 1.29 is 31.7 Å². The second-order valence-electron chi connectivity index (χ2n) is 7.60. The largest absolute Gasteiger partial charge is 0.344 e. The van der Waals surface area contributed by atoms with Crippen molar-refractivity contribution in [2.75, 3.05) is 5.32 Å². The molecule has 190 valence electrons. The Balaban J connectivity index is 1.69. The van der Waals surface area contributed by atoms with Crippen molar-refractivity contribution in [2.45, 2.75) is 42.1 Å². The summed E-state index contributed by atoms with van der Waals surface area (Å²) in [6.07, 6.45) is 0.413. The van der Waals surface area contributed by atoms with Crippen molar-refractivity contribution in [3.05, 3.63) is 75.2 Å². The van der Waals surface area contributed by atoms with Gasteiger partial charge in [0.1, 0.15) is 17.7 Å². The minimum atomic E-state index is -4.09. The van der Waals surface area contributed by atoms with Crippen LogP contribution >= 0.6 is 11.3 Å². The van der Waals surface area contributed by atoms with Crippen LogP contribution < -0.4 is 10.6 Å². The van der Waals surface area contributed by atoms with Crippen LogP contribution in [-0.2, 0) is 25.8 Å². The zero-order valence-corrected chi connectivity index (χ0v) is 20.4. The summed E-state index contributed by atoms with van der Waals surface area (Å²) < 4.78 is 52.3. The van der Waals surface area contributed by atoms with E-state index in [1.54, 1.807) is 6.92 Å². The molecule has 10 nitrogen and oxygen atoms in total. The third-order valence-corrected chi connectivity index (χ3v) is 7.42. The van der Waals surface area contributed by atoms with Crippen LogP contribution in [0.15, 0.2) is 57.8 Å². The number of non-ortho nitro benzene ring substituents is 1. The van der Waals surface area contributed by atoms with Crippen LogP contribution in [-0.4, -0.2) is 36.2 Å². The van der Waals surface area contributed by atoms with Gasteiger partial charge in [0.2, 0.25) is 21.7 Å². The summed E-state index contributed by atoms with van der Waals surface area (Å²) in [5.74, 6) is -2.94. The average Bonchev–Trinajstić information content (AvgIpc) is 3.27. The van der Waals surface area contributed by atoms with Gasteiger partial charge in [0, 0.05) is 23.6 Å². The van der Waals surface area contributed by atoms with Gasteiger partial charge in [-0.3, -0.25) is 19.7 Å². The molecule has 0 bridgehead atoms. The van der Waals surface area contributed by atoms with E-state index in [0.29, 0.717) is 12.5 Å². The van der Waals surface area contributed by atoms with Gasteiger partial charge in [-0.2, -0.15) is 0 Å². The Bertz CT molecular complexity index is 1370. The van der Waals surface area contributed by atoms with Crippen LogP contribution in [0.25, 0.3) is 0 Å². The van der Waals surface area contributed by atoms with Gasteiger partial charge in [0.25, 0.3) is 5.69 Å². The topological polar surface area (TPSA) is 148 Å². The number of nitro benzene ring substituents is 1. The maximum absolute atomic E-state index is 13.4. The molecule has 1 unspecified atom stereocenters. The van der Waals surface area contributed by atoms with Crippen LogP contribution in [0, 0.1) is 21.7 Å². The SMILES string of the molecule is CCCC(NC(=O)Cc1cc(F)cc(F)c1)C(=O)Nc1nc(S(=O)(=O)c2ccc([N+](=O)[O-])cc2)cs1. The number of nitro groups is 1. The highest BCUT2D eigenvalue weighted by atomic mass is 32.2. The molecule has 3 aromatic rings. The predicted molar refractivity (Wildman–Crippen MR) is 126 cm³/mol. The maximum Gasteiger partial charge on any atom is 0.269 e. The van der Waals surface area contributed by atoms with Crippen LogP contribution in [0.1, 0.15) is 25.3 Å². The van der Waals surface area contributed by atoms with E-state index in [1.807, 2.05) is 0 Å². The van der Waals surface area contributed by atoms with E-state index in [0.717, 1.165) is 47.7 Å². The molecule has 2 aromatic carbocycles. The van der Waals surface area contributed by atoms with Crippen LogP contribution in [0.2, 0.25) is 0 Å². The van der Waals surface area contributed by atoms with Crippen molar-refractivity contribution >= 4 is 43.8 Å². The number of thiazole rings is 1.